The number of para-hydroxylation sites is 3. The van der Waals surface area contributed by atoms with Crippen molar-refractivity contribution in [2.45, 2.75) is 11.3 Å². The number of rotatable bonds is 7. The van der Waals surface area contributed by atoms with Crippen LogP contribution in [0.4, 0.5) is 0 Å². The van der Waals surface area contributed by atoms with Crippen molar-refractivity contribution in [3.8, 4) is 11.5 Å². The van der Waals surface area contributed by atoms with E-state index in [-0.39, 0.29) is 6.61 Å². The van der Waals surface area contributed by atoms with Crippen molar-refractivity contribution < 1.29 is 14.6 Å². The molecule has 27 heavy (non-hydrogen) atoms. The van der Waals surface area contributed by atoms with Crippen LogP contribution in [-0.2, 0) is 0 Å². The zero-order valence-electron chi connectivity index (χ0n) is 14.6. The van der Waals surface area contributed by atoms with Crippen molar-refractivity contribution in [1.29, 1.82) is 0 Å². The van der Waals surface area contributed by atoms with Crippen molar-refractivity contribution >= 4 is 28.3 Å². The Kier molecular flexibility index (Phi) is 5.08. The average molecular weight is 382 g/mol. The summed E-state index contributed by atoms with van der Waals surface area (Å²) in [6.07, 6.45) is 0.983. The Labute approximate surface area is 160 Å². The molecule has 0 spiro atoms. The summed E-state index contributed by atoms with van der Waals surface area (Å²) in [4.78, 5) is 8.93. The van der Waals surface area contributed by atoms with Crippen LogP contribution < -0.4 is 9.47 Å². The number of hydrogen-bond donors (Lipinski definition) is 1. The third-order valence-corrected chi connectivity index (χ3v) is 4.95. The molecular weight excluding hydrogens is 364 g/mol. The van der Waals surface area contributed by atoms with Crippen LogP contribution in [0.15, 0.2) is 60.0 Å². The second-order valence-corrected chi connectivity index (χ2v) is 6.84. The molecule has 0 saturated carbocycles. The third kappa shape index (κ3) is 3.81. The molecule has 0 radical (unpaired) electrons. The van der Waals surface area contributed by atoms with Gasteiger partial charge in [-0.25, -0.2) is 14.5 Å². The number of ether oxygens (including phenoxy) is 2. The summed E-state index contributed by atoms with van der Waals surface area (Å²) in [7, 11) is 1.59. The summed E-state index contributed by atoms with van der Waals surface area (Å²) in [5.41, 5.74) is 1.63. The second-order valence-electron chi connectivity index (χ2n) is 5.85. The summed E-state index contributed by atoms with van der Waals surface area (Å²) in [6.45, 7) is 0.158. The molecule has 1 N–H and O–H groups in total. The number of aromatic nitrogens is 4. The molecule has 2 aromatic carbocycles. The van der Waals surface area contributed by atoms with E-state index in [1.807, 2.05) is 42.5 Å². The van der Waals surface area contributed by atoms with Crippen LogP contribution in [0.1, 0.15) is 0 Å². The van der Waals surface area contributed by atoms with Gasteiger partial charge in [-0.05, 0) is 24.3 Å². The fourth-order valence-electron chi connectivity index (χ4n) is 2.66. The van der Waals surface area contributed by atoms with Crippen molar-refractivity contribution in [1.82, 2.24) is 19.6 Å². The average Bonchev–Trinajstić information content (AvgIpc) is 3.14. The van der Waals surface area contributed by atoms with Crippen LogP contribution >= 0.6 is 11.8 Å². The summed E-state index contributed by atoms with van der Waals surface area (Å²) < 4.78 is 12.5. The first-order valence-corrected chi connectivity index (χ1v) is 9.40. The van der Waals surface area contributed by atoms with Gasteiger partial charge in [0.05, 0.1) is 18.7 Å². The Bertz CT molecular complexity index is 1070. The lowest BCUT2D eigenvalue weighted by atomic mass is 10.2. The first-order valence-electron chi connectivity index (χ1n) is 8.41. The summed E-state index contributed by atoms with van der Waals surface area (Å²) in [6, 6.07) is 15.1. The molecule has 4 rings (SSSR count). The van der Waals surface area contributed by atoms with E-state index in [2.05, 4.69) is 15.1 Å². The SMILES string of the molecule is COc1ccccc1OCC(O)CSc1nc2c3ccccc3ncn2n1. The van der Waals surface area contributed by atoms with Crippen molar-refractivity contribution in [2.75, 3.05) is 19.5 Å². The molecule has 0 aliphatic rings. The zero-order chi connectivity index (χ0) is 18.6. The number of methoxy groups -OCH3 is 1. The molecule has 1 unspecified atom stereocenters. The highest BCUT2D eigenvalue weighted by Crippen LogP contribution is 2.26. The molecule has 0 bridgehead atoms. The van der Waals surface area contributed by atoms with Gasteiger partial charge in [0.15, 0.2) is 17.1 Å². The van der Waals surface area contributed by atoms with Crippen molar-refractivity contribution in [2.24, 2.45) is 0 Å². The first kappa shape index (κ1) is 17.6. The van der Waals surface area contributed by atoms with Gasteiger partial charge in [0, 0.05) is 11.1 Å². The standard InChI is InChI=1S/C19H18N4O3S/c1-25-16-8-4-5-9-17(16)26-10-13(24)11-27-19-21-18-14-6-2-3-7-15(14)20-12-23(18)22-19/h2-9,12-13,24H,10-11H2,1H3. The number of aliphatic hydroxyl groups excluding tert-OH is 1. The molecule has 4 aromatic rings. The van der Waals surface area contributed by atoms with Gasteiger partial charge in [0.25, 0.3) is 0 Å². The second kappa shape index (κ2) is 7.81. The maximum absolute atomic E-state index is 10.2. The zero-order valence-corrected chi connectivity index (χ0v) is 15.5. The highest BCUT2D eigenvalue weighted by Gasteiger charge is 2.13. The van der Waals surface area contributed by atoms with Crippen LogP contribution in [0.2, 0.25) is 0 Å². The molecule has 2 heterocycles. The van der Waals surface area contributed by atoms with Gasteiger partial charge < -0.3 is 14.6 Å². The van der Waals surface area contributed by atoms with Crippen LogP contribution in [0.3, 0.4) is 0 Å². The normalized spacial score (nSPS) is 12.4. The van der Waals surface area contributed by atoms with Gasteiger partial charge in [-0.3, -0.25) is 0 Å². The molecule has 0 aliphatic heterocycles. The van der Waals surface area contributed by atoms with Gasteiger partial charge in [0.2, 0.25) is 5.16 Å². The Hall–Kier alpha value is -2.84. The van der Waals surface area contributed by atoms with E-state index < -0.39 is 6.10 Å². The molecule has 7 nitrogen and oxygen atoms in total. The van der Waals surface area contributed by atoms with E-state index in [9.17, 15) is 5.11 Å². The molecular formula is C19H18N4O3S. The van der Waals surface area contributed by atoms with Gasteiger partial charge in [0.1, 0.15) is 12.9 Å². The van der Waals surface area contributed by atoms with E-state index in [1.165, 1.54) is 11.8 Å². The van der Waals surface area contributed by atoms with E-state index in [4.69, 9.17) is 9.47 Å². The lowest BCUT2D eigenvalue weighted by molar-refractivity contribution is 0.124. The van der Waals surface area contributed by atoms with Crippen molar-refractivity contribution in [3.63, 3.8) is 0 Å². The monoisotopic (exact) mass is 382 g/mol. The Morgan fingerprint density at radius 1 is 1.11 bits per heavy atom. The van der Waals surface area contributed by atoms with Crippen LogP contribution in [0.25, 0.3) is 16.6 Å². The largest absolute Gasteiger partial charge is 0.493 e. The lowest BCUT2D eigenvalue weighted by Gasteiger charge is -2.13. The fraction of sp³-hybridized carbons (Fsp3) is 0.211. The minimum absolute atomic E-state index is 0.158. The highest BCUT2D eigenvalue weighted by atomic mass is 32.2. The minimum atomic E-state index is -0.665. The van der Waals surface area contributed by atoms with Gasteiger partial charge in [-0.15, -0.1) is 5.10 Å². The van der Waals surface area contributed by atoms with Gasteiger partial charge >= 0.3 is 0 Å². The maximum atomic E-state index is 10.2. The summed E-state index contributed by atoms with van der Waals surface area (Å²) >= 11 is 1.38. The van der Waals surface area contributed by atoms with E-state index >= 15 is 0 Å². The van der Waals surface area contributed by atoms with Crippen LogP contribution in [-0.4, -0.2) is 50.3 Å². The molecule has 0 saturated heterocycles. The first-order chi connectivity index (χ1) is 13.2. The number of nitrogens with zero attached hydrogens (tertiary/aromatic N) is 4. The van der Waals surface area contributed by atoms with Crippen LogP contribution in [0.5, 0.6) is 11.5 Å². The molecule has 138 valence electrons. The number of thioether (sulfide) groups is 1. The number of hydrogen-bond acceptors (Lipinski definition) is 7. The molecule has 8 heteroatoms. The predicted molar refractivity (Wildman–Crippen MR) is 104 cm³/mol. The van der Waals surface area contributed by atoms with E-state index in [0.29, 0.717) is 22.4 Å². The smallest absolute Gasteiger partial charge is 0.209 e. The summed E-state index contributed by atoms with van der Waals surface area (Å²) in [5, 5.41) is 16.2. The van der Waals surface area contributed by atoms with Crippen LogP contribution in [0, 0.1) is 0 Å². The Balaban J connectivity index is 1.40. The third-order valence-electron chi connectivity index (χ3n) is 3.97. The number of aliphatic hydroxyl groups is 1. The van der Waals surface area contributed by atoms with E-state index in [1.54, 1.807) is 24.0 Å². The topological polar surface area (TPSA) is 81.8 Å². The predicted octanol–water partition coefficient (Wildman–Crippen LogP) is 2.82. The Morgan fingerprint density at radius 2 is 1.89 bits per heavy atom. The Morgan fingerprint density at radius 3 is 2.74 bits per heavy atom. The van der Waals surface area contributed by atoms with Crippen molar-refractivity contribution in [3.05, 3.63) is 54.9 Å². The quantitative estimate of drug-likeness (QED) is 0.492. The minimum Gasteiger partial charge on any atom is -0.493 e. The molecule has 2 aromatic heterocycles. The fourth-order valence-corrected chi connectivity index (χ4v) is 3.40. The molecule has 1 atom stereocenters. The number of fused-ring (bicyclic) bond motifs is 3. The number of benzene rings is 2. The molecule has 0 amide bonds. The maximum Gasteiger partial charge on any atom is 0.209 e. The summed E-state index contributed by atoms with van der Waals surface area (Å²) in [5.74, 6) is 1.66. The molecule has 0 fully saturated rings. The lowest BCUT2D eigenvalue weighted by Crippen LogP contribution is -2.20. The van der Waals surface area contributed by atoms with E-state index in [0.717, 1.165) is 16.6 Å². The van der Waals surface area contributed by atoms with Gasteiger partial charge in [-0.2, -0.15) is 0 Å². The molecule has 0 aliphatic carbocycles. The van der Waals surface area contributed by atoms with Gasteiger partial charge in [-0.1, -0.05) is 36.0 Å². The highest BCUT2D eigenvalue weighted by molar-refractivity contribution is 7.99.